The SMILES string of the molecule is O=C1CC(N2CCC(Cc3ccc(Cl)cc3)CC2)C(=O)N1c1ccc(F)cc1. The van der Waals surface area contributed by atoms with Gasteiger partial charge in [-0.2, -0.15) is 0 Å². The van der Waals surface area contributed by atoms with Gasteiger partial charge in [0.15, 0.2) is 0 Å². The first-order valence-electron chi connectivity index (χ1n) is 9.62. The van der Waals surface area contributed by atoms with Crippen LogP contribution in [-0.4, -0.2) is 35.8 Å². The Bertz CT molecular complexity index is 861. The Balaban J connectivity index is 1.37. The summed E-state index contributed by atoms with van der Waals surface area (Å²) in [5, 5.41) is 0.744. The molecule has 0 aromatic heterocycles. The molecule has 146 valence electrons. The minimum absolute atomic E-state index is 0.193. The summed E-state index contributed by atoms with van der Waals surface area (Å²) < 4.78 is 13.1. The number of nitrogens with zero attached hydrogens (tertiary/aromatic N) is 2. The zero-order valence-corrected chi connectivity index (χ0v) is 16.2. The predicted octanol–water partition coefficient (Wildman–Crippen LogP) is 4.07. The van der Waals surface area contributed by atoms with Gasteiger partial charge in [0.05, 0.1) is 18.2 Å². The van der Waals surface area contributed by atoms with Gasteiger partial charge in [0.2, 0.25) is 5.91 Å². The molecule has 2 heterocycles. The fraction of sp³-hybridized carbons (Fsp3) is 0.364. The van der Waals surface area contributed by atoms with E-state index in [4.69, 9.17) is 11.6 Å². The second kappa shape index (κ2) is 8.02. The zero-order chi connectivity index (χ0) is 19.7. The third-order valence-corrected chi connectivity index (χ3v) is 5.99. The van der Waals surface area contributed by atoms with Crippen molar-refractivity contribution in [1.29, 1.82) is 0 Å². The van der Waals surface area contributed by atoms with Crippen LogP contribution in [0.3, 0.4) is 0 Å². The molecule has 2 saturated heterocycles. The molecule has 1 unspecified atom stereocenters. The molecule has 0 aliphatic carbocycles. The second-order valence-corrected chi connectivity index (χ2v) is 8.01. The number of carbonyl (C=O) groups is 2. The number of imide groups is 1. The maximum Gasteiger partial charge on any atom is 0.251 e. The number of rotatable bonds is 4. The average Bonchev–Trinajstić information content (AvgIpc) is 2.99. The minimum atomic E-state index is -0.408. The highest BCUT2D eigenvalue weighted by atomic mass is 35.5. The van der Waals surface area contributed by atoms with Crippen molar-refractivity contribution < 1.29 is 14.0 Å². The first-order valence-corrected chi connectivity index (χ1v) is 10.00. The number of amides is 2. The van der Waals surface area contributed by atoms with E-state index >= 15 is 0 Å². The summed E-state index contributed by atoms with van der Waals surface area (Å²) in [7, 11) is 0. The molecule has 2 amide bonds. The molecule has 0 saturated carbocycles. The van der Waals surface area contributed by atoms with Crippen LogP contribution in [0.1, 0.15) is 24.8 Å². The van der Waals surface area contributed by atoms with E-state index in [1.165, 1.54) is 34.7 Å². The predicted molar refractivity (Wildman–Crippen MR) is 107 cm³/mol. The lowest BCUT2D eigenvalue weighted by molar-refractivity contribution is -0.123. The summed E-state index contributed by atoms with van der Waals surface area (Å²) >= 11 is 5.95. The Morgan fingerprint density at radius 2 is 1.61 bits per heavy atom. The number of likely N-dealkylation sites (tertiary alicyclic amines) is 1. The van der Waals surface area contributed by atoms with Gasteiger partial charge in [-0.1, -0.05) is 23.7 Å². The molecule has 2 aromatic rings. The fourth-order valence-corrected chi connectivity index (χ4v) is 4.31. The summed E-state index contributed by atoms with van der Waals surface area (Å²) in [6.07, 6.45) is 3.19. The molecule has 4 nitrogen and oxygen atoms in total. The van der Waals surface area contributed by atoms with Crippen molar-refractivity contribution in [3.05, 3.63) is 64.9 Å². The zero-order valence-electron chi connectivity index (χ0n) is 15.5. The maximum atomic E-state index is 13.1. The number of benzene rings is 2. The van der Waals surface area contributed by atoms with Crippen LogP contribution in [0.15, 0.2) is 48.5 Å². The third-order valence-electron chi connectivity index (χ3n) is 5.74. The molecule has 0 N–H and O–H groups in total. The number of carbonyl (C=O) groups excluding carboxylic acids is 2. The van der Waals surface area contributed by atoms with Crippen molar-refractivity contribution in [2.45, 2.75) is 31.7 Å². The van der Waals surface area contributed by atoms with Gasteiger partial charge in [0.1, 0.15) is 5.82 Å². The van der Waals surface area contributed by atoms with Crippen molar-refractivity contribution >= 4 is 29.1 Å². The summed E-state index contributed by atoms with van der Waals surface area (Å²) in [4.78, 5) is 28.6. The Morgan fingerprint density at radius 1 is 0.964 bits per heavy atom. The maximum absolute atomic E-state index is 13.1. The molecule has 0 radical (unpaired) electrons. The van der Waals surface area contributed by atoms with Crippen molar-refractivity contribution in [2.24, 2.45) is 5.92 Å². The summed E-state index contributed by atoms with van der Waals surface area (Å²) in [5.74, 6) is -0.238. The first-order chi connectivity index (χ1) is 13.5. The molecule has 4 rings (SSSR count). The van der Waals surface area contributed by atoms with Gasteiger partial charge in [-0.25, -0.2) is 9.29 Å². The van der Waals surface area contributed by atoms with E-state index in [2.05, 4.69) is 17.0 Å². The van der Waals surface area contributed by atoms with Crippen LogP contribution in [0.2, 0.25) is 5.02 Å². The normalized spacial score (nSPS) is 21.5. The fourth-order valence-electron chi connectivity index (χ4n) is 4.19. The Morgan fingerprint density at radius 3 is 2.25 bits per heavy atom. The number of hydrogen-bond donors (Lipinski definition) is 0. The van der Waals surface area contributed by atoms with Gasteiger partial charge in [-0.15, -0.1) is 0 Å². The molecule has 2 aromatic carbocycles. The number of hydrogen-bond acceptors (Lipinski definition) is 3. The van der Waals surface area contributed by atoms with Crippen LogP contribution < -0.4 is 4.90 Å². The van der Waals surface area contributed by atoms with Crippen LogP contribution in [0.4, 0.5) is 10.1 Å². The van der Waals surface area contributed by atoms with Gasteiger partial charge in [-0.05, 0) is 80.2 Å². The van der Waals surface area contributed by atoms with Gasteiger partial charge in [0, 0.05) is 5.02 Å². The summed E-state index contributed by atoms with van der Waals surface area (Å²) in [6.45, 7) is 1.61. The number of halogens is 2. The van der Waals surface area contributed by atoms with E-state index in [1.54, 1.807) is 0 Å². The van der Waals surface area contributed by atoms with E-state index in [-0.39, 0.29) is 24.1 Å². The smallest absolute Gasteiger partial charge is 0.251 e. The van der Waals surface area contributed by atoms with Gasteiger partial charge < -0.3 is 0 Å². The van der Waals surface area contributed by atoms with Crippen LogP contribution in [0.25, 0.3) is 0 Å². The van der Waals surface area contributed by atoms with Gasteiger partial charge in [-0.3, -0.25) is 14.5 Å². The van der Waals surface area contributed by atoms with E-state index < -0.39 is 6.04 Å². The van der Waals surface area contributed by atoms with Crippen molar-refractivity contribution in [2.75, 3.05) is 18.0 Å². The van der Waals surface area contributed by atoms with Crippen LogP contribution >= 0.6 is 11.6 Å². The molecular formula is C22H22ClFN2O2. The van der Waals surface area contributed by atoms with Gasteiger partial charge >= 0.3 is 0 Å². The van der Waals surface area contributed by atoms with Crippen molar-refractivity contribution in [3.8, 4) is 0 Å². The third kappa shape index (κ3) is 3.96. The quantitative estimate of drug-likeness (QED) is 0.726. The van der Waals surface area contributed by atoms with Crippen LogP contribution in [-0.2, 0) is 16.0 Å². The first kappa shape index (κ1) is 19.1. The molecular weight excluding hydrogens is 379 g/mol. The average molecular weight is 401 g/mol. The molecule has 2 aliphatic rings. The van der Waals surface area contributed by atoms with Crippen LogP contribution in [0, 0.1) is 11.7 Å². The number of anilines is 1. The molecule has 6 heteroatoms. The molecule has 0 spiro atoms. The lowest BCUT2D eigenvalue weighted by Gasteiger charge is -2.34. The Labute approximate surface area is 168 Å². The van der Waals surface area contributed by atoms with E-state index in [0.717, 1.165) is 37.4 Å². The molecule has 2 fully saturated rings. The van der Waals surface area contributed by atoms with E-state index in [1.807, 2.05) is 12.1 Å². The largest absolute Gasteiger partial charge is 0.292 e. The monoisotopic (exact) mass is 400 g/mol. The highest BCUT2D eigenvalue weighted by Gasteiger charge is 2.43. The molecule has 2 aliphatic heterocycles. The minimum Gasteiger partial charge on any atom is -0.292 e. The van der Waals surface area contributed by atoms with Crippen LogP contribution in [0.5, 0.6) is 0 Å². The number of piperidine rings is 1. The molecule has 0 bridgehead atoms. The lowest BCUT2D eigenvalue weighted by Crippen LogP contribution is -2.46. The van der Waals surface area contributed by atoms with E-state index in [0.29, 0.717) is 11.6 Å². The van der Waals surface area contributed by atoms with Crippen molar-refractivity contribution in [3.63, 3.8) is 0 Å². The summed E-state index contributed by atoms with van der Waals surface area (Å²) in [6, 6.07) is 13.0. The molecule has 28 heavy (non-hydrogen) atoms. The Kier molecular flexibility index (Phi) is 5.47. The van der Waals surface area contributed by atoms with E-state index in [9.17, 15) is 14.0 Å². The highest BCUT2D eigenvalue weighted by molar-refractivity contribution is 6.30. The highest BCUT2D eigenvalue weighted by Crippen LogP contribution is 2.30. The molecule has 1 atom stereocenters. The topological polar surface area (TPSA) is 40.6 Å². The standard InChI is InChI=1S/C22H22ClFN2O2/c23-17-3-1-15(2-4-17)13-16-9-11-25(12-10-16)20-14-21(27)26(22(20)28)19-7-5-18(24)6-8-19/h1-8,16,20H,9-14H2. The second-order valence-electron chi connectivity index (χ2n) is 7.57. The Hall–Kier alpha value is -2.24. The van der Waals surface area contributed by atoms with Crippen molar-refractivity contribution in [1.82, 2.24) is 4.90 Å². The summed E-state index contributed by atoms with van der Waals surface area (Å²) in [5.41, 5.74) is 1.72. The lowest BCUT2D eigenvalue weighted by atomic mass is 9.89. The van der Waals surface area contributed by atoms with Gasteiger partial charge in [0.25, 0.3) is 5.91 Å².